The molecule has 0 amide bonds. The number of hydrogen-bond donors (Lipinski definition) is 0. The molecule has 4 heterocycles. The highest BCUT2D eigenvalue weighted by Gasteiger charge is 2.68. The van der Waals surface area contributed by atoms with Crippen molar-refractivity contribution in [3.8, 4) is 0 Å². The molecule has 1 aliphatic carbocycles. The number of rotatable bonds is 4. The molecule has 4 aliphatic heterocycles. The summed E-state index contributed by atoms with van der Waals surface area (Å²) in [4.78, 5) is 34.3. The SMILES string of the molecule is CC1=C(OC(=O)CCC(=O)[O-])O[C@@H]2OC3(C)CCC4[C@H](C)CC[C@@H]1[C@]42OO3. The van der Waals surface area contributed by atoms with Crippen LogP contribution in [0.4, 0.5) is 0 Å². The van der Waals surface area contributed by atoms with Gasteiger partial charge in [-0.15, -0.1) is 0 Å². The first-order chi connectivity index (χ1) is 12.7. The molecule has 0 N–H and O–H groups in total. The zero-order valence-corrected chi connectivity index (χ0v) is 15.8. The summed E-state index contributed by atoms with van der Waals surface area (Å²) in [7, 11) is 0. The van der Waals surface area contributed by atoms with Crippen molar-refractivity contribution in [1.82, 2.24) is 0 Å². The first-order valence-electron chi connectivity index (χ1n) is 9.58. The van der Waals surface area contributed by atoms with E-state index in [9.17, 15) is 14.7 Å². The largest absolute Gasteiger partial charge is 0.550 e. The van der Waals surface area contributed by atoms with E-state index in [1.807, 2.05) is 13.8 Å². The van der Waals surface area contributed by atoms with Gasteiger partial charge in [-0.25, -0.2) is 9.78 Å². The van der Waals surface area contributed by atoms with Gasteiger partial charge in [-0.05, 0) is 45.4 Å². The summed E-state index contributed by atoms with van der Waals surface area (Å²) in [6.45, 7) is 5.88. The Bertz CT molecular complexity index is 687. The predicted molar refractivity (Wildman–Crippen MR) is 86.9 cm³/mol. The Kier molecular flexibility index (Phi) is 4.48. The van der Waals surface area contributed by atoms with Crippen LogP contribution < -0.4 is 5.11 Å². The minimum atomic E-state index is -1.30. The fourth-order valence-electron chi connectivity index (χ4n) is 5.05. The van der Waals surface area contributed by atoms with E-state index in [1.165, 1.54) is 0 Å². The van der Waals surface area contributed by atoms with Gasteiger partial charge in [0.15, 0.2) is 5.60 Å². The molecule has 8 heteroatoms. The number of hydrogen-bond acceptors (Lipinski definition) is 8. The van der Waals surface area contributed by atoms with Crippen LogP contribution in [-0.4, -0.2) is 29.6 Å². The summed E-state index contributed by atoms with van der Waals surface area (Å²) in [6, 6.07) is 0. The molecule has 2 bridgehead atoms. The van der Waals surface area contributed by atoms with Crippen LogP contribution in [0.1, 0.15) is 59.3 Å². The van der Waals surface area contributed by atoms with Gasteiger partial charge in [0.25, 0.3) is 5.95 Å². The van der Waals surface area contributed by atoms with Gasteiger partial charge in [-0.1, -0.05) is 6.92 Å². The highest BCUT2D eigenvalue weighted by molar-refractivity contribution is 5.76. The molecule has 0 aromatic heterocycles. The van der Waals surface area contributed by atoms with Gasteiger partial charge in [0.2, 0.25) is 12.1 Å². The van der Waals surface area contributed by atoms with Crippen LogP contribution in [0.2, 0.25) is 0 Å². The van der Waals surface area contributed by atoms with Crippen LogP contribution in [0.15, 0.2) is 11.5 Å². The quantitative estimate of drug-likeness (QED) is 0.534. The van der Waals surface area contributed by atoms with Crippen molar-refractivity contribution in [1.29, 1.82) is 0 Å². The Morgan fingerprint density at radius 1 is 1.22 bits per heavy atom. The summed E-state index contributed by atoms with van der Waals surface area (Å²) in [5.41, 5.74) is 0.00112. The molecule has 0 aromatic rings. The van der Waals surface area contributed by atoms with Crippen LogP contribution in [0, 0.1) is 17.8 Å². The zero-order chi connectivity index (χ0) is 19.4. The standard InChI is InChI=1S/C19H26O8/c1-10-4-5-13-11(2)16(23-15(22)7-6-14(20)21)24-17-19(13)12(10)8-9-18(3,25-17)26-27-19/h10,12-13,17H,4-9H2,1-3H3,(H,20,21)/p-1/t10-,12?,13+,17-,18?,19-/m1/s1. The Morgan fingerprint density at radius 2 is 2.00 bits per heavy atom. The lowest BCUT2D eigenvalue weighted by molar-refractivity contribution is -0.557. The molecule has 1 saturated carbocycles. The number of carbonyl (C=O) groups is 2. The Labute approximate surface area is 157 Å². The van der Waals surface area contributed by atoms with Gasteiger partial charge in [0.05, 0.1) is 6.42 Å². The number of fused-ring (bicyclic) bond motifs is 2. The normalized spacial score (nSPS) is 42.8. The van der Waals surface area contributed by atoms with Crippen molar-refractivity contribution in [3.63, 3.8) is 0 Å². The third-order valence-corrected chi connectivity index (χ3v) is 6.52. The molecule has 8 nitrogen and oxygen atoms in total. The fourth-order valence-corrected chi connectivity index (χ4v) is 5.05. The molecule has 5 aliphatic rings. The van der Waals surface area contributed by atoms with E-state index < -0.39 is 36.0 Å². The first kappa shape index (κ1) is 18.7. The number of carboxylic acid groups (broad SMARTS) is 1. The molecule has 0 aromatic carbocycles. The second kappa shape index (κ2) is 6.46. The molecule has 27 heavy (non-hydrogen) atoms. The summed E-state index contributed by atoms with van der Waals surface area (Å²) < 4.78 is 17.5. The summed E-state index contributed by atoms with van der Waals surface area (Å²) in [5.74, 6) is -2.22. The van der Waals surface area contributed by atoms with Gasteiger partial charge in [-0.2, -0.15) is 0 Å². The molecular formula is C19H25O8-. The van der Waals surface area contributed by atoms with E-state index >= 15 is 0 Å². The van der Waals surface area contributed by atoms with Crippen molar-refractivity contribution in [2.24, 2.45) is 17.8 Å². The maximum Gasteiger partial charge on any atom is 0.313 e. The van der Waals surface area contributed by atoms with E-state index in [0.717, 1.165) is 24.8 Å². The van der Waals surface area contributed by atoms with Gasteiger partial charge < -0.3 is 24.1 Å². The monoisotopic (exact) mass is 381 g/mol. The van der Waals surface area contributed by atoms with Crippen molar-refractivity contribution in [2.75, 3.05) is 0 Å². The van der Waals surface area contributed by atoms with E-state index in [1.54, 1.807) is 0 Å². The van der Waals surface area contributed by atoms with Gasteiger partial charge >= 0.3 is 5.97 Å². The first-order valence-corrected chi connectivity index (χ1v) is 9.58. The van der Waals surface area contributed by atoms with E-state index in [0.29, 0.717) is 12.3 Å². The molecule has 150 valence electrons. The maximum atomic E-state index is 12.0. The van der Waals surface area contributed by atoms with Crippen LogP contribution in [-0.2, 0) is 33.6 Å². The van der Waals surface area contributed by atoms with Gasteiger partial charge in [0.1, 0.15) is 0 Å². The smallest absolute Gasteiger partial charge is 0.313 e. The molecule has 4 fully saturated rings. The molecule has 3 saturated heterocycles. The second-order valence-electron chi connectivity index (χ2n) is 8.29. The predicted octanol–water partition coefficient (Wildman–Crippen LogP) is 1.54. The minimum Gasteiger partial charge on any atom is -0.550 e. The van der Waals surface area contributed by atoms with Crippen LogP contribution in [0.5, 0.6) is 0 Å². The number of ether oxygens (including phenoxy) is 3. The molecule has 1 spiro atoms. The Hall–Kier alpha value is -1.64. The molecular weight excluding hydrogens is 356 g/mol. The number of esters is 1. The van der Waals surface area contributed by atoms with E-state index in [-0.39, 0.29) is 24.2 Å². The Morgan fingerprint density at radius 3 is 2.74 bits per heavy atom. The molecule has 5 rings (SSSR count). The summed E-state index contributed by atoms with van der Waals surface area (Å²) in [5, 5.41) is 10.6. The molecule has 2 unspecified atom stereocenters. The van der Waals surface area contributed by atoms with Crippen molar-refractivity contribution in [3.05, 3.63) is 11.5 Å². The van der Waals surface area contributed by atoms with E-state index in [2.05, 4.69) is 6.92 Å². The Balaban J connectivity index is 1.65. The average molecular weight is 381 g/mol. The summed E-state index contributed by atoms with van der Waals surface area (Å²) >= 11 is 0. The molecule has 6 atom stereocenters. The third-order valence-electron chi connectivity index (χ3n) is 6.52. The minimum absolute atomic E-state index is 0.0657. The lowest BCUT2D eigenvalue weighted by Crippen LogP contribution is -2.66. The maximum absolute atomic E-state index is 12.0. The molecule has 0 radical (unpaired) electrons. The van der Waals surface area contributed by atoms with Crippen molar-refractivity contribution in [2.45, 2.75) is 77.0 Å². The van der Waals surface area contributed by atoms with Crippen molar-refractivity contribution < 1.29 is 38.7 Å². The third kappa shape index (κ3) is 2.94. The fraction of sp³-hybridized carbons (Fsp3) is 0.789. The lowest BCUT2D eigenvalue weighted by atomic mass is 9.60. The highest BCUT2D eigenvalue weighted by atomic mass is 17.3. The summed E-state index contributed by atoms with van der Waals surface area (Å²) in [6.07, 6.45) is 2.04. The lowest BCUT2D eigenvalue weighted by Gasteiger charge is -2.56. The second-order valence-corrected chi connectivity index (χ2v) is 8.29. The average Bonchev–Trinajstić information content (AvgIpc) is 2.84. The van der Waals surface area contributed by atoms with Crippen molar-refractivity contribution >= 4 is 11.9 Å². The van der Waals surface area contributed by atoms with E-state index in [4.69, 9.17) is 24.0 Å². The number of carbonyl (C=O) groups excluding carboxylic acids is 2. The topological polar surface area (TPSA) is 103 Å². The number of aliphatic carboxylic acids is 1. The van der Waals surface area contributed by atoms with Crippen LogP contribution >= 0.6 is 0 Å². The van der Waals surface area contributed by atoms with Gasteiger partial charge in [0, 0.05) is 29.8 Å². The van der Waals surface area contributed by atoms with Crippen LogP contribution in [0.25, 0.3) is 0 Å². The highest BCUT2D eigenvalue weighted by Crippen LogP contribution is 2.60. The zero-order valence-electron chi connectivity index (χ0n) is 15.8. The van der Waals surface area contributed by atoms with Gasteiger partial charge in [-0.3, -0.25) is 4.79 Å². The number of carboxylic acids is 1. The van der Waals surface area contributed by atoms with Crippen LogP contribution in [0.3, 0.4) is 0 Å².